The van der Waals surface area contributed by atoms with Crippen LogP contribution in [0.5, 0.6) is 0 Å². The molecule has 0 aliphatic rings. The lowest BCUT2D eigenvalue weighted by molar-refractivity contribution is -0.301. The normalized spacial score (nSPS) is 10.7. The largest absolute Gasteiger partial charge is 0.549 e. The van der Waals surface area contributed by atoms with Gasteiger partial charge in [0.05, 0.1) is 5.97 Å². The second kappa shape index (κ2) is 6.85. The molecule has 0 saturated heterocycles. The summed E-state index contributed by atoms with van der Waals surface area (Å²) in [6.07, 6.45) is 0. The van der Waals surface area contributed by atoms with E-state index in [-0.39, 0.29) is 5.75 Å². The van der Waals surface area contributed by atoms with Crippen LogP contribution in [-0.2, 0) is 4.79 Å². The second-order valence-electron chi connectivity index (χ2n) is 4.64. The molecule has 0 unspecified atom stereocenters. The van der Waals surface area contributed by atoms with Gasteiger partial charge in [0.25, 0.3) is 0 Å². The van der Waals surface area contributed by atoms with E-state index in [1.807, 2.05) is 42.5 Å². The lowest BCUT2D eigenvalue weighted by atomic mass is 10.2. The van der Waals surface area contributed by atoms with Crippen LogP contribution in [-0.4, -0.2) is 26.5 Å². The summed E-state index contributed by atoms with van der Waals surface area (Å²) in [5.41, 5.74) is 1.69. The van der Waals surface area contributed by atoms with Crippen LogP contribution in [0.3, 0.4) is 0 Å². The zero-order valence-electron chi connectivity index (χ0n) is 11.8. The predicted molar refractivity (Wildman–Crippen MR) is 87.5 cm³/mol. The summed E-state index contributed by atoms with van der Waals surface area (Å²) in [7, 11) is 0. The van der Waals surface area contributed by atoms with E-state index in [2.05, 4.69) is 10.2 Å². The number of aliphatic carboxylic acids is 1. The van der Waals surface area contributed by atoms with Crippen LogP contribution in [0.15, 0.2) is 59.8 Å². The van der Waals surface area contributed by atoms with Crippen LogP contribution in [0.1, 0.15) is 0 Å². The molecule has 0 N–H and O–H groups in total. The number of hydrogen-bond donors (Lipinski definition) is 0. The number of hydrogen-bond acceptors (Lipinski definition) is 5. The van der Waals surface area contributed by atoms with Gasteiger partial charge < -0.3 is 9.90 Å². The standard InChI is InChI=1S/C16H12ClN3O2S/c17-12-6-8-13(9-7-12)20-15(11-4-2-1-3-5-11)18-19-16(20)23-10-14(21)22/h1-9H,10H2,(H,21,22)/p-1. The van der Waals surface area contributed by atoms with E-state index in [1.54, 1.807) is 16.7 Å². The van der Waals surface area contributed by atoms with Gasteiger partial charge in [-0.3, -0.25) is 4.57 Å². The van der Waals surface area contributed by atoms with E-state index in [4.69, 9.17) is 11.6 Å². The molecule has 0 spiro atoms. The maximum Gasteiger partial charge on any atom is 0.196 e. The third-order valence-electron chi connectivity index (χ3n) is 3.07. The molecule has 3 rings (SSSR count). The minimum Gasteiger partial charge on any atom is -0.549 e. The fourth-order valence-corrected chi connectivity index (χ4v) is 2.88. The molecule has 116 valence electrons. The minimum atomic E-state index is -1.15. The molecule has 0 aliphatic heterocycles. The van der Waals surface area contributed by atoms with Crippen molar-refractivity contribution >= 4 is 29.3 Å². The first kappa shape index (κ1) is 15.6. The number of rotatable bonds is 5. The Morgan fingerprint density at radius 3 is 2.43 bits per heavy atom. The number of nitrogens with zero attached hydrogens (tertiary/aromatic N) is 3. The summed E-state index contributed by atoms with van der Waals surface area (Å²) in [6.45, 7) is 0. The van der Waals surface area contributed by atoms with Gasteiger partial charge in [0.2, 0.25) is 0 Å². The van der Waals surface area contributed by atoms with Gasteiger partial charge in [0.15, 0.2) is 11.0 Å². The second-order valence-corrected chi connectivity index (χ2v) is 6.02. The van der Waals surface area contributed by atoms with E-state index in [0.29, 0.717) is 16.0 Å². The third-order valence-corrected chi connectivity index (χ3v) is 4.22. The molecular weight excluding hydrogens is 334 g/mol. The van der Waals surface area contributed by atoms with Crippen molar-refractivity contribution in [3.63, 3.8) is 0 Å². The maximum atomic E-state index is 10.7. The lowest BCUT2D eigenvalue weighted by Gasteiger charge is -2.10. The molecule has 0 saturated carbocycles. The fraction of sp³-hybridized carbons (Fsp3) is 0.0625. The molecular formula is C16H11ClN3O2S-. The zero-order valence-corrected chi connectivity index (χ0v) is 13.4. The van der Waals surface area contributed by atoms with E-state index in [1.165, 1.54) is 0 Å². The average molecular weight is 345 g/mol. The highest BCUT2D eigenvalue weighted by atomic mass is 35.5. The molecule has 7 heteroatoms. The number of halogens is 1. The van der Waals surface area contributed by atoms with Gasteiger partial charge in [-0.25, -0.2) is 0 Å². The lowest BCUT2D eigenvalue weighted by Crippen LogP contribution is -2.24. The zero-order chi connectivity index (χ0) is 16.2. The van der Waals surface area contributed by atoms with Gasteiger partial charge in [-0.05, 0) is 24.3 Å². The van der Waals surface area contributed by atoms with Crippen LogP contribution >= 0.6 is 23.4 Å². The van der Waals surface area contributed by atoms with Crippen molar-refractivity contribution in [2.45, 2.75) is 5.16 Å². The van der Waals surface area contributed by atoms with Crippen molar-refractivity contribution in [3.05, 3.63) is 59.6 Å². The van der Waals surface area contributed by atoms with Crippen molar-refractivity contribution in [2.24, 2.45) is 0 Å². The number of carbonyl (C=O) groups excluding carboxylic acids is 1. The van der Waals surface area contributed by atoms with Crippen LogP contribution < -0.4 is 5.11 Å². The van der Waals surface area contributed by atoms with Gasteiger partial charge in [-0.1, -0.05) is 53.7 Å². The highest BCUT2D eigenvalue weighted by Crippen LogP contribution is 2.28. The Kier molecular flexibility index (Phi) is 4.64. The summed E-state index contributed by atoms with van der Waals surface area (Å²) in [6, 6.07) is 16.8. The molecule has 5 nitrogen and oxygen atoms in total. The summed E-state index contributed by atoms with van der Waals surface area (Å²) in [5, 5.41) is 20.2. The third kappa shape index (κ3) is 3.55. The molecule has 0 amide bonds. The SMILES string of the molecule is O=C([O-])CSc1nnc(-c2ccccc2)n1-c1ccc(Cl)cc1. The molecule has 3 aromatic rings. The molecule has 1 heterocycles. The Hall–Kier alpha value is -2.31. The summed E-state index contributed by atoms with van der Waals surface area (Å²) < 4.78 is 1.80. The Morgan fingerprint density at radius 1 is 1.09 bits per heavy atom. The van der Waals surface area contributed by atoms with E-state index >= 15 is 0 Å². The van der Waals surface area contributed by atoms with Crippen LogP contribution in [0.2, 0.25) is 5.02 Å². The first-order chi connectivity index (χ1) is 11.1. The highest BCUT2D eigenvalue weighted by Gasteiger charge is 2.15. The Labute approximate surface area is 141 Å². The number of thioether (sulfide) groups is 1. The molecule has 2 aromatic carbocycles. The van der Waals surface area contributed by atoms with E-state index in [0.717, 1.165) is 23.0 Å². The molecule has 0 radical (unpaired) electrons. The Bertz CT molecular complexity index is 819. The summed E-state index contributed by atoms with van der Waals surface area (Å²) in [5.74, 6) is -0.712. The van der Waals surface area contributed by atoms with Gasteiger partial charge in [-0.2, -0.15) is 0 Å². The maximum absolute atomic E-state index is 10.7. The number of carboxylic acids is 1. The molecule has 0 fully saturated rings. The molecule has 0 atom stereocenters. The van der Waals surface area contributed by atoms with Gasteiger partial charge in [0.1, 0.15) is 0 Å². The predicted octanol–water partition coefficient (Wildman–Crippen LogP) is 2.43. The number of carboxylic acid groups (broad SMARTS) is 1. The van der Waals surface area contributed by atoms with Crippen molar-refractivity contribution in [2.75, 3.05) is 5.75 Å². The summed E-state index contributed by atoms with van der Waals surface area (Å²) in [4.78, 5) is 10.7. The number of carbonyl (C=O) groups is 1. The van der Waals surface area contributed by atoms with E-state index in [9.17, 15) is 9.90 Å². The van der Waals surface area contributed by atoms with Crippen LogP contribution in [0.25, 0.3) is 17.1 Å². The van der Waals surface area contributed by atoms with Crippen molar-refractivity contribution in [1.82, 2.24) is 14.8 Å². The smallest absolute Gasteiger partial charge is 0.196 e. The van der Waals surface area contributed by atoms with Gasteiger partial charge >= 0.3 is 0 Å². The van der Waals surface area contributed by atoms with Gasteiger partial charge in [0, 0.05) is 22.0 Å². The van der Waals surface area contributed by atoms with Crippen molar-refractivity contribution in [1.29, 1.82) is 0 Å². The van der Waals surface area contributed by atoms with Crippen molar-refractivity contribution in [3.8, 4) is 17.1 Å². The Balaban J connectivity index is 2.10. The first-order valence-corrected chi connectivity index (χ1v) is 8.11. The fourth-order valence-electron chi connectivity index (χ4n) is 2.08. The number of aromatic nitrogens is 3. The number of benzene rings is 2. The van der Waals surface area contributed by atoms with Crippen LogP contribution in [0, 0.1) is 0 Å². The first-order valence-electron chi connectivity index (χ1n) is 6.74. The minimum absolute atomic E-state index is 0.194. The van der Waals surface area contributed by atoms with Gasteiger partial charge in [-0.15, -0.1) is 10.2 Å². The highest BCUT2D eigenvalue weighted by molar-refractivity contribution is 7.99. The van der Waals surface area contributed by atoms with E-state index < -0.39 is 5.97 Å². The average Bonchev–Trinajstić information content (AvgIpc) is 2.98. The molecule has 1 aromatic heterocycles. The molecule has 0 bridgehead atoms. The monoisotopic (exact) mass is 344 g/mol. The molecule has 0 aliphatic carbocycles. The Morgan fingerprint density at radius 2 is 1.78 bits per heavy atom. The van der Waals surface area contributed by atoms with Crippen molar-refractivity contribution < 1.29 is 9.90 Å². The summed E-state index contributed by atoms with van der Waals surface area (Å²) >= 11 is 7.00. The van der Waals surface area contributed by atoms with Crippen LogP contribution in [0.4, 0.5) is 0 Å². The molecule has 23 heavy (non-hydrogen) atoms. The quantitative estimate of drug-likeness (QED) is 0.665. The topological polar surface area (TPSA) is 70.8 Å².